The minimum atomic E-state index is 0. The Labute approximate surface area is 262 Å². The van der Waals surface area contributed by atoms with Crippen molar-refractivity contribution in [3.8, 4) is 0 Å². The molecule has 0 aliphatic carbocycles. The Hall–Kier alpha value is -0.262. The molecule has 0 aromatic carbocycles. The van der Waals surface area contributed by atoms with E-state index in [0.717, 1.165) is 24.8 Å². The van der Waals surface area contributed by atoms with Gasteiger partial charge in [-0.1, -0.05) is 56.4 Å². The molecule has 0 aliphatic heterocycles. The van der Waals surface area contributed by atoms with E-state index in [-0.39, 0.29) is 66.8 Å². The zero-order valence-corrected chi connectivity index (χ0v) is 28.7. The first-order valence-electron chi connectivity index (χ1n) is 10.6. The Morgan fingerprint density at radius 1 is 0.970 bits per heavy atom. The first-order valence-corrected chi connectivity index (χ1v) is 10.6. The van der Waals surface area contributed by atoms with E-state index in [1.54, 1.807) is 12.2 Å². The minimum absolute atomic E-state index is 0. The van der Waals surface area contributed by atoms with Gasteiger partial charge in [-0.3, -0.25) is 0 Å². The van der Waals surface area contributed by atoms with Gasteiger partial charge in [-0.2, -0.15) is 18.9 Å². The summed E-state index contributed by atoms with van der Waals surface area (Å²) in [5.41, 5.74) is 4.81. The molecular weight excluding hydrogens is 550 g/mol. The summed E-state index contributed by atoms with van der Waals surface area (Å²) in [5, 5.41) is 0. The van der Waals surface area contributed by atoms with Gasteiger partial charge in [0, 0.05) is 65.4 Å². The standard InChI is InChI=1S/3C7H11.2C5H9.2Y/c3*1-4-6-7(3)5-2;2*1-4-5(2)3;;/h4-6H,1H2,2-3H3;5-6H,1-2,4H2,3H3;5H,1-4,6H2;2*4H,1H2,2-3H3;;/q5*-1;;/p+1/b;7-6-;;;;;. The van der Waals surface area contributed by atoms with Crippen LogP contribution in [0.5, 0.6) is 0 Å². The van der Waals surface area contributed by atoms with Crippen molar-refractivity contribution < 1.29 is 66.8 Å². The molecule has 0 spiro atoms. The summed E-state index contributed by atoms with van der Waals surface area (Å²) in [6.07, 6.45) is 17.9. The van der Waals surface area contributed by atoms with Gasteiger partial charge in [-0.25, -0.2) is 55.2 Å². The molecule has 0 unspecified atom stereocenters. The van der Waals surface area contributed by atoms with Crippen LogP contribution in [0.15, 0.2) is 97.7 Å². The molecule has 0 N–H and O–H groups in total. The molecule has 0 atom stereocenters. The Balaban J connectivity index is -0.0000000408. The Morgan fingerprint density at radius 2 is 1.39 bits per heavy atom. The van der Waals surface area contributed by atoms with Gasteiger partial charge >= 0.3 is 1.43 Å². The average molecular weight is 603 g/mol. The zero-order valence-electron chi connectivity index (χ0n) is 24.1. The van der Waals surface area contributed by atoms with E-state index in [2.05, 4.69) is 53.7 Å². The summed E-state index contributed by atoms with van der Waals surface area (Å²) >= 11 is 0. The second-order valence-electron chi connectivity index (χ2n) is 6.90. The maximum absolute atomic E-state index is 3.70. The van der Waals surface area contributed by atoms with Crippen LogP contribution < -0.4 is 0 Å². The van der Waals surface area contributed by atoms with E-state index in [9.17, 15) is 0 Å². The summed E-state index contributed by atoms with van der Waals surface area (Å²) in [6, 6.07) is 0. The van der Waals surface area contributed by atoms with Crippen molar-refractivity contribution in [2.45, 2.75) is 67.7 Å². The molecule has 0 saturated heterocycles. The predicted octanol–water partition coefficient (Wildman–Crippen LogP) is 10.7. The smallest absolute Gasteiger partial charge is 0.343 e. The molecule has 0 heterocycles. The van der Waals surface area contributed by atoms with Crippen molar-refractivity contribution >= 4 is 0 Å². The van der Waals surface area contributed by atoms with Crippen molar-refractivity contribution in [3.63, 3.8) is 0 Å². The normalized spacial score (nSPS) is 8.52. The number of hydrogen-bond acceptors (Lipinski definition) is 0. The van der Waals surface area contributed by atoms with E-state index in [1.807, 2.05) is 85.3 Å². The first-order chi connectivity index (χ1) is 14.5. The van der Waals surface area contributed by atoms with Crippen LogP contribution in [0.4, 0.5) is 0 Å². The number of allylic oxidation sites excluding steroid dienone is 11. The summed E-state index contributed by atoms with van der Waals surface area (Å²) in [5.74, 6) is 1.27. The quantitative estimate of drug-likeness (QED) is 0.192. The summed E-state index contributed by atoms with van der Waals surface area (Å²) in [4.78, 5) is 0. The fraction of sp³-hybridized carbons (Fsp3) is 0.323. The van der Waals surface area contributed by atoms with Gasteiger partial charge in [-0.15, -0.1) is 47.3 Å². The largest absolute Gasteiger partial charge is 1.00 e. The predicted molar refractivity (Wildman–Crippen MR) is 152 cm³/mol. The van der Waals surface area contributed by atoms with Crippen LogP contribution >= 0.6 is 0 Å². The van der Waals surface area contributed by atoms with Crippen molar-refractivity contribution in [1.82, 2.24) is 0 Å². The van der Waals surface area contributed by atoms with E-state index in [1.165, 1.54) is 22.6 Å². The molecule has 0 nitrogen and oxygen atoms in total. The van der Waals surface area contributed by atoms with Gasteiger partial charge in [0.15, 0.2) is 0 Å². The molecule has 2 radical (unpaired) electrons. The van der Waals surface area contributed by atoms with Gasteiger partial charge in [-0.05, 0) is 6.92 Å². The van der Waals surface area contributed by atoms with Crippen LogP contribution in [0.3, 0.4) is 0 Å². The molecule has 33 heavy (non-hydrogen) atoms. The monoisotopic (exact) mass is 602 g/mol. The summed E-state index contributed by atoms with van der Waals surface area (Å²) < 4.78 is 0. The van der Waals surface area contributed by atoms with Crippen molar-refractivity contribution in [2.75, 3.05) is 0 Å². The summed E-state index contributed by atoms with van der Waals surface area (Å²) in [6.45, 7) is 42.9. The maximum atomic E-state index is 3.70. The van der Waals surface area contributed by atoms with Gasteiger partial charge in [0.05, 0.1) is 0 Å². The summed E-state index contributed by atoms with van der Waals surface area (Å²) in [7, 11) is 0. The van der Waals surface area contributed by atoms with Crippen molar-refractivity contribution in [2.24, 2.45) is 0 Å². The average Bonchev–Trinajstić information content (AvgIpc) is 2.75. The molecule has 0 saturated carbocycles. The second-order valence-corrected chi connectivity index (χ2v) is 6.90. The zero-order chi connectivity index (χ0) is 25.7. The Bertz CT molecular complexity index is 532. The first kappa shape index (κ1) is 49.8. The van der Waals surface area contributed by atoms with Gasteiger partial charge in [0.2, 0.25) is 0 Å². The van der Waals surface area contributed by atoms with Crippen molar-refractivity contribution in [3.05, 3.63) is 131 Å². The topological polar surface area (TPSA) is 0 Å². The van der Waals surface area contributed by atoms with Crippen LogP contribution in [0.2, 0.25) is 0 Å². The molecule has 0 aromatic rings. The Kier molecular flexibility index (Phi) is 68.3. The van der Waals surface area contributed by atoms with Crippen molar-refractivity contribution in [1.29, 1.82) is 0 Å². The van der Waals surface area contributed by atoms with E-state index in [4.69, 9.17) is 0 Å². The molecule has 0 fully saturated rings. The molecule has 0 bridgehead atoms. The molecule has 2 heteroatoms. The fourth-order valence-corrected chi connectivity index (χ4v) is 0.922. The molecule has 0 amide bonds. The fourth-order valence-electron chi connectivity index (χ4n) is 0.922. The SMILES string of the molecule is C=C/C(C)=C\C[CH2-].C=CC(=C)CC[CH2-].C=CC=C(C)[CH-]C.C=C[C-](C)C.[CH2-]C=C(C)C.[H+].[Y].[Y]. The van der Waals surface area contributed by atoms with E-state index >= 15 is 0 Å². The molecular formula is C31H52Y2-4. The number of hydrogen-bond donors (Lipinski definition) is 0. The van der Waals surface area contributed by atoms with Crippen LogP contribution in [-0.4, -0.2) is 0 Å². The van der Waals surface area contributed by atoms with E-state index < -0.39 is 0 Å². The van der Waals surface area contributed by atoms with Crippen LogP contribution in [0, 0.1) is 33.1 Å². The Morgan fingerprint density at radius 3 is 1.48 bits per heavy atom. The third-order valence-electron chi connectivity index (χ3n) is 3.23. The molecule has 186 valence electrons. The van der Waals surface area contributed by atoms with Gasteiger partial charge in [0.1, 0.15) is 0 Å². The molecule has 0 rings (SSSR count). The van der Waals surface area contributed by atoms with Gasteiger partial charge in [0.25, 0.3) is 0 Å². The van der Waals surface area contributed by atoms with Crippen LogP contribution in [0.25, 0.3) is 0 Å². The van der Waals surface area contributed by atoms with Crippen LogP contribution in [-0.2, 0) is 65.4 Å². The van der Waals surface area contributed by atoms with Gasteiger partial charge < -0.3 is 13.8 Å². The molecule has 0 aromatic heterocycles. The van der Waals surface area contributed by atoms with E-state index in [0.29, 0.717) is 0 Å². The third kappa shape index (κ3) is 79.9. The molecule has 0 aliphatic rings. The van der Waals surface area contributed by atoms with Crippen LogP contribution in [0.1, 0.15) is 69.2 Å². The third-order valence-corrected chi connectivity index (χ3v) is 3.23. The maximum Gasteiger partial charge on any atom is 1.00 e. The number of rotatable bonds is 8. The second kappa shape index (κ2) is 45.3. The minimum Gasteiger partial charge on any atom is -0.343 e.